The van der Waals surface area contributed by atoms with Crippen molar-refractivity contribution in [1.82, 2.24) is 4.57 Å². The molecule has 7 aromatic carbocycles. The smallest absolute Gasteiger partial charge is 0.244 e. The lowest BCUT2D eigenvalue weighted by Gasteiger charge is -2.25. The zero-order chi connectivity index (χ0) is 41.0. The molecule has 1 aliphatic carbocycles. The molecule has 2 aliphatic rings. The van der Waals surface area contributed by atoms with Crippen LogP contribution in [0.1, 0.15) is 77.6 Å². The molecule has 4 heterocycles. The maximum atomic E-state index is 6.97. The SMILES string of the molecule is CC(C)(C)c1ccc(Nc2cc3c(cc2-c2ccc4c5cc6c(cc5n5c4c2Bc2oc4ccc(C(C)(C)C)cc4c2-5)sc2ccccc26)C(C)(C)c2ccccc2-3)cc1. The first-order valence-corrected chi connectivity index (χ1v) is 22.2. The van der Waals surface area contributed by atoms with E-state index in [1.54, 1.807) is 0 Å². The minimum absolute atomic E-state index is 0.00682. The summed E-state index contributed by atoms with van der Waals surface area (Å²) in [6.07, 6.45) is 0. The van der Waals surface area contributed by atoms with Gasteiger partial charge in [0.2, 0.25) is 7.28 Å². The summed E-state index contributed by atoms with van der Waals surface area (Å²) in [5, 5.41) is 10.4. The van der Waals surface area contributed by atoms with Gasteiger partial charge in [-0.25, -0.2) is 0 Å². The highest BCUT2D eigenvalue weighted by molar-refractivity contribution is 7.25. The Morgan fingerprint density at radius 1 is 0.583 bits per heavy atom. The number of benzene rings is 7. The third-order valence-electron chi connectivity index (χ3n) is 13.7. The van der Waals surface area contributed by atoms with Gasteiger partial charge in [-0.3, -0.25) is 0 Å². The van der Waals surface area contributed by atoms with Crippen LogP contribution in [0.25, 0.3) is 80.9 Å². The van der Waals surface area contributed by atoms with E-state index in [1.165, 1.54) is 103 Å². The van der Waals surface area contributed by atoms with Gasteiger partial charge in [0.1, 0.15) is 5.58 Å². The lowest BCUT2D eigenvalue weighted by atomic mass is 9.62. The molecular formula is C55H47BN2OS. The molecule has 0 spiro atoms. The Kier molecular flexibility index (Phi) is 7.20. The van der Waals surface area contributed by atoms with Crippen molar-refractivity contribution < 1.29 is 4.42 Å². The molecule has 0 saturated heterocycles. The average molecular weight is 795 g/mol. The highest BCUT2D eigenvalue weighted by atomic mass is 32.1. The van der Waals surface area contributed by atoms with Crippen molar-refractivity contribution in [1.29, 1.82) is 0 Å². The predicted molar refractivity (Wildman–Crippen MR) is 260 cm³/mol. The van der Waals surface area contributed by atoms with Crippen molar-refractivity contribution in [3.05, 3.63) is 150 Å². The lowest BCUT2D eigenvalue weighted by molar-refractivity contribution is 0.590. The normalized spacial score (nSPS) is 14.3. The van der Waals surface area contributed by atoms with Crippen LogP contribution in [0, 0.1) is 0 Å². The Morgan fingerprint density at radius 2 is 1.33 bits per heavy atom. The fourth-order valence-electron chi connectivity index (χ4n) is 10.5. The van der Waals surface area contributed by atoms with Gasteiger partial charge in [0.25, 0.3) is 0 Å². The van der Waals surface area contributed by atoms with Crippen LogP contribution in [-0.4, -0.2) is 11.8 Å². The Morgan fingerprint density at radius 3 is 2.13 bits per heavy atom. The molecule has 3 nitrogen and oxygen atoms in total. The summed E-state index contributed by atoms with van der Waals surface area (Å²) in [4.78, 5) is 0. The van der Waals surface area contributed by atoms with Crippen LogP contribution in [0.4, 0.5) is 11.4 Å². The number of furan rings is 1. The highest BCUT2D eigenvalue weighted by Gasteiger charge is 2.37. The number of nitrogens with zero attached hydrogens (tertiary/aromatic N) is 1. The molecule has 0 saturated carbocycles. The second kappa shape index (κ2) is 12.0. The van der Waals surface area contributed by atoms with Gasteiger partial charge in [-0.1, -0.05) is 128 Å². The molecule has 0 bridgehead atoms. The van der Waals surface area contributed by atoms with E-state index in [2.05, 4.69) is 193 Å². The molecule has 1 aliphatic heterocycles. The first-order valence-electron chi connectivity index (χ1n) is 21.4. The van der Waals surface area contributed by atoms with E-state index in [4.69, 9.17) is 4.42 Å². The number of thiophene rings is 1. The molecule has 0 unspecified atom stereocenters. The standard InChI is InChI=1S/C55H47BN2OS/c1-53(2,3)30-17-20-32(21-18-30)57-44-28-37-33-13-9-11-15-42(33)55(7,8)43(37)27-38(44)35-22-23-36-39-26-40-34-14-10-12-16-47(34)60-48(40)29-45(39)58-50(36)49(35)56-52-51(58)41-25-31(54(4,5)6)19-24-46(41)59-52/h9-29,56-57H,1-8H3. The summed E-state index contributed by atoms with van der Waals surface area (Å²) in [7, 11) is 0.704. The number of aromatic nitrogens is 1. The average Bonchev–Trinajstić information content (AvgIpc) is 3.93. The van der Waals surface area contributed by atoms with Gasteiger partial charge in [0.15, 0.2) is 0 Å². The largest absolute Gasteiger partial charge is 0.469 e. The van der Waals surface area contributed by atoms with Gasteiger partial charge in [0.05, 0.1) is 16.9 Å². The number of anilines is 2. The number of hydrogen-bond acceptors (Lipinski definition) is 3. The van der Waals surface area contributed by atoms with E-state index in [9.17, 15) is 0 Å². The molecule has 1 N–H and O–H groups in total. The van der Waals surface area contributed by atoms with Crippen molar-refractivity contribution >= 4 is 94.1 Å². The quantitative estimate of drug-likeness (QED) is 0.181. The van der Waals surface area contributed by atoms with Crippen LogP contribution in [-0.2, 0) is 16.2 Å². The Labute approximate surface area is 355 Å². The van der Waals surface area contributed by atoms with E-state index in [0.717, 1.165) is 22.6 Å². The predicted octanol–water partition coefficient (Wildman–Crippen LogP) is 13.9. The van der Waals surface area contributed by atoms with E-state index < -0.39 is 0 Å². The summed E-state index contributed by atoms with van der Waals surface area (Å²) in [6.45, 7) is 18.5. The summed E-state index contributed by atoms with van der Waals surface area (Å²) >= 11 is 1.89. The summed E-state index contributed by atoms with van der Waals surface area (Å²) in [6, 6.07) is 48.3. The molecule has 0 atom stereocenters. The minimum Gasteiger partial charge on any atom is -0.469 e. The third-order valence-corrected chi connectivity index (χ3v) is 14.9. The molecule has 0 fully saturated rings. The maximum absolute atomic E-state index is 6.97. The second-order valence-corrected chi connectivity index (χ2v) is 20.9. The highest BCUT2D eigenvalue weighted by Crippen LogP contribution is 2.52. The topological polar surface area (TPSA) is 30.1 Å². The monoisotopic (exact) mass is 794 g/mol. The molecule has 12 rings (SSSR count). The van der Waals surface area contributed by atoms with Gasteiger partial charge in [-0.05, 0) is 110 Å². The number of fused-ring (bicyclic) bond motifs is 13. The van der Waals surface area contributed by atoms with Gasteiger partial charge in [-0.2, -0.15) is 0 Å². The number of hydrogen-bond donors (Lipinski definition) is 1. The maximum Gasteiger partial charge on any atom is 0.244 e. The van der Waals surface area contributed by atoms with Crippen LogP contribution in [0.15, 0.2) is 132 Å². The zero-order valence-electron chi connectivity index (χ0n) is 35.6. The van der Waals surface area contributed by atoms with Crippen LogP contribution in [0.3, 0.4) is 0 Å². The second-order valence-electron chi connectivity index (χ2n) is 19.9. The summed E-state index contributed by atoms with van der Waals surface area (Å²) in [5.74, 6) is 0. The van der Waals surface area contributed by atoms with Crippen molar-refractivity contribution in [3.8, 4) is 27.9 Å². The lowest BCUT2D eigenvalue weighted by Crippen LogP contribution is -2.36. The van der Waals surface area contributed by atoms with Gasteiger partial charge in [0, 0.05) is 64.2 Å². The van der Waals surface area contributed by atoms with Crippen molar-refractivity contribution in [2.45, 2.75) is 71.6 Å². The summed E-state index contributed by atoms with van der Waals surface area (Å²) in [5.41, 5.74) is 19.6. The van der Waals surface area contributed by atoms with Crippen LogP contribution < -0.4 is 16.4 Å². The third kappa shape index (κ3) is 5.02. The fraction of sp³-hybridized carbons (Fsp3) is 0.200. The number of rotatable bonds is 3. The molecule has 0 amide bonds. The molecule has 5 heteroatoms. The summed E-state index contributed by atoms with van der Waals surface area (Å²) < 4.78 is 12.2. The minimum atomic E-state index is -0.144. The van der Waals surface area contributed by atoms with Gasteiger partial charge in [-0.15, -0.1) is 11.3 Å². The van der Waals surface area contributed by atoms with E-state index >= 15 is 0 Å². The van der Waals surface area contributed by atoms with Crippen LogP contribution in [0.2, 0.25) is 0 Å². The van der Waals surface area contributed by atoms with E-state index in [-0.39, 0.29) is 16.2 Å². The van der Waals surface area contributed by atoms with E-state index in [0.29, 0.717) is 7.28 Å². The van der Waals surface area contributed by atoms with Crippen molar-refractivity contribution in [2.24, 2.45) is 0 Å². The van der Waals surface area contributed by atoms with Crippen molar-refractivity contribution in [3.63, 3.8) is 0 Å². The first kappa shape index (κ1) is 35.9. The molecular weight excluding hydrogens is 747 g/mol. The van der Waals surface area contributed by atoms with Crippen LogP contribution in [0.5, 0.6) is 0 Å². The van der Waals surface area contributed by atoms with E-state index in [1.807, 2.05) is 11.3 Å². The molecule has 0 radical (unpaired) electrons. The molecule has 60 heavy (non-hydrogen) atoms. The van der Waals surface area contributed by atoms with Gasteiger partial charge >= 0.3 is 0 Å². The molecule has 3 aromatic heterocycles. The fourth-order valence-corrected chi connectivity index (χ4v) is 11.6. The molecule has 10 aromatic rings. The Bertz CT molecular complexity index is 3470. The molecule has 292 valence electrons. The van der Waals surface area contributed by atoms with Gasteiger partial charge < -0.3 is 14.3 Å². The Hall–Kier alpha value is -6.04. The number of nitrogens with one attached hydrogen (secondary N) is 1. The van der Waals surface area contributed by atoms with Crippen molar-refractivity contribution in [2.75, 3.05) is 5.32 Å². The first-order chi connectivity index (χ1) is 28.7. The zero-order valence-corrected chi connectivity index (χ0v) is 36.4. The Balaban J connectivity index is 1.16. The van der Waals surface area contributed by atoms with Crippen LogP contribution >= 0.6 is 11.3 Å².